The van der Waals surface area contributed by atoms with Crippen LogP contribution >= 0.6 is 11.6 Å². The lowest BCUT2D eigenvalue weighted by Gasteiger charge is -2.26. The number of halogens is 1. The molecule has 0 aliphatic carbocycles. The second-order valence-corrected chi connectivity index (χ2v) is 7.71. The number of hydrogen-bond donors (Lipinski definition) is 2. The van der Waals surface area contributed by atoms with Crippen molar-refractivity contribution in [3.63, 3.8) is 0 Å². The van der Waals surface area contributed by atoms with Crippen LogP contribution in [0.4, 0.5) is 4.79 Å². The van der Waals surface area contributed by atoms with Crippen molar-refractivity contribution < 1.29 is 14.6 Å². The number of hydrazine groups is 1. The number of rotatable bonds is 4. The summed E-state index contributed by atoms with van der Waals surface area (Å²) in [6.07, 6.45) is 0.579. The molecule has 0 aromatic heterocycles. The van der Waals surface area contributed by atoms with Gasteiger partial charge in [0.1, 0.15) is 5.75 Å². The zero-order valence-electron chi connectivity index (χ0n) is 16.3. The summed E-state index contributed by atoms with van der Waals surface area (Å²) < 4.78 is 5.53. The van der Waals surface area contributed by atoms with Crippen molar-refractivity contribution >= 4 is 23.4 Å². The minimum atomic E-state index is -0.857. The Labute approximate surface area is 175 Å². The molecule has 29 heavy (non-hydrogen) atoms. The highest BCUT2D eigenvalue weighted by molar-refractivity contribution is 6.30. The minimum absolute atomic E-state index is 0.111. The highest BCUT2D eigenvalue weighted by Gasteiger charge is 2.35. The summed E-state index contributed by atoms with van der Waals surface area (Å²) in [7, 11) is 1.68. The fourth-order valence-corrected chi connectivity index (χ4v) is 4.25. The van der Waals surface area contributed by atoms with Crippen molar-refractivity contribution in [2.75, 3.05) is 20.2 Å². The Bertz CT molecular complexity index is 929. The molecular weight excluding hydrogens is 390 g/mol. The van der Waals surface area contributed by atoms with E-state index >= 15 is 0 Å². The predicted octanol–water partition coefficient (Wildman–Crippen LogP) is 4.22. The molecule has 1 fully saturated rings. The van der Waals surface area contributed by atoms with Gasteiger partial charge in [-0.3, -0.25) is 0 Å². The number of fused-ring (bicyclic) bond motifs is 1. The number of carboxylic acid groups (broad SMARTS) is 1. The number of carbonyl (C=O) groups is 1. The van der Waals surface area contributed by atoms with E-state index < -0.39 is 6.09 Å². The van der Waals surface area contributed by atoms with Crippen molar-refractivity contribution in [3.05, 3.63) is 70.3 Å². The average molecular weight is 414 g/mol. The lowest BCUT2D eigenvalue weighted by Crippen LogP contribution is -2.38. The first-order valence-corrected chi connectivity index (χ1v) is 10.1. The van der Waals surface area contributed by atoms with Crippen LogP contribution in [0.3, 0.4) is 0 Å². The summed E-state index contributed by atoms with van der Waals surface area (Å²) in [6, 6.07) is 15.9. The van der Waals surface area contributed by atoms with Crippen LogP contribution in [0.1, 0.15) is 24.0 Å². The Balaban J connectivity index is 1.71. The fourth-order valence-electron chi connectivity index (χ4n) is 4.12. The van der Waals surface area contributed by atoms with Crippen LogP contribution in [0.2, 0.25) is 5.02 Å². The fraction of sp³-hybridized carbons (Fsp3) is 0.318. The molecule has 7 heteroatoms. The van der Waals surface area contributed by atoms with Crippen molar-refractivity contribution in [2.45, 2.75) is 25.4 Å². The molecule has 0 spiro atoms. The van der Waals surface area contributed by atoms with Crippen molar-refractivity contribution in [3.8, 4) is 5.75 Å². The normalized spacial score (nSPS) is 19.2. The van der Waals surface area contributed by atoms with Gasteiger partial charge in [-0.25, -0.2) is 10.2 Å². The van der Waals surface area contributed by atoms with Gasteiger partial charge in [0.25, 0.3) is 0 Å². The predicted molar refractivity (Wildman–Crippen MR) is 113 cm³/mol. The SMILES string of the molecule is COc1ccccc1CN1NC2CCN(C(=O)O)CCC2=C1c1ccc(Cl)cc1. The second-order valence-electron chi connectivity index (χ2n) is 7.27. The van der Waals surface area contributed by atoms with Crippen molar-refractivity contribution in [2.24, 2.45) is 0 Å². The maximum Gasteiger partial charge on any atom is 0.407 e. The number of hydrogen-bond acceptors (Lipinski definition) is 4. The van der Waals surface area contributed by atoms with Gasteiger partial charge >= 0.3 is 6.09 Å². The zero-order valence-corrected chi connectivity index (χ0v) is 17.0. The van der Waals surface area contributed by atoms with E-state index in [2.05, 4.69) is 16.5 Å². The Kier molecular flexibility index (Phi) is 5.65. The number of methoxy groups -OCH3 is 1. The molecule has 0 radical (unpaired) electrons. The second kappa shape index (κ2) is 8.35. The molecule has 1 amide bonds. The number of nitrogens with zero attached hydrogens (tertiary/aromatic N) is 2. The summed E-state index contributed by atoms with van der Waals surface area (Å²) >= 11 is 6.11. The molecule has 1 atom stereocenters. The maximum atomic E-state index is 11.4. The Hall–Kier alpha value is -2.70. The van der Waals surface area contributed by atoms with Crippen LogP contribution in [0.25, 0.3) is 5.70 Å². The molecule has 0 bridgehead atoms. The molecule has 1 saturated heterocycles. The molecule has 4 rings (SSSR count). The van der Waals surface area contributed by atoms with Crippen LogP contribution < -0.4 is 10.2 Å². The molecule has 2 aromatic carbocycles. The molecule has 2 heterocycles. The number of ether oxygens (including phenoxy) is 1. The van der Waals surface area contributed by atoms with E-state index in [9.17, 15) is 9.90 Å². The van der Waals surface area contributed by atoms with E-state index in [1.54, 1.807) is 7.11 Å². The maximum absolute atomic E-state index is 11.4. The highest BCUT2D eigenvalue weighted by Crippen LogP contribution is 2.36. The average Bonchev–Trinajstić information content (AvgIpc) is 2.92. The van der Waals surface area contributed by atoms with Gasteiger partial charge in [0.2, 0.25) is 0 Å². The molecule has 1 unspecified atom stereocenters. The lowest BCUT2D eigenvalue weighted by atomic mass is 9.98. The van der Waals surface area contributed by atoms with Gasteiger partial charge in [-0.2, -0.15) is 0 Å². The standard InChI is InChI=1S/C22H24ClN3O3/c1-29-20-5-3-2-4-16(20)14-26-21(15-6-8-17(23)9-7-15)18-10-12-25(22(27)28)13-11-19(18)24-26/h2-9,19,24H,10-14H2,1H3,(H,27,28). The van der Waals surface area contributed by atoms with E-state index in [1.165, 1.54) is 10.5 Å². The van der Waals surface area contributed by atoms with E-state index in [0.29, 0.717) is 31.1 Å². The molecule has 2 aromatic rings. The molecule has 2 aliphatic rings. The topological polar surface area (TPSA) is 65.0 Å². The van der Waals surface area contributed by atoms with E-state index in [0.717, 1.165) is 29.0 Å². The largest absolute Gasteiger partial charge is 0.496 e. The Morgan fingerprint density at radius 2 is 1.97 bits per heavy atom. The summed E-state index contributed by atoms with van der Waals surface area (Å²) in [5, 5.41) is 12.2. The number of amides is 1. The quantitative estimate of drug-likeness (QED) is 0.785. The van der Waals surface area contributed by atoms with E-state index in [4.69, 9.17) is 16.3 Å². The summed E-state index contributed by atoms with van der Waals surface area (Å²) in [5.74, 6) is 0.846. The number of benzene rings is 2. The van der Waals surface area contributed by atoms with Gasteiger partial charge < -0.3 is 19.8 Å². The smallest absolute Gasteiger partial charge is 0.407 e. The molecule has 2 aliphatic heterocycles. The first kappa shape index (κ1) is 19.6. The molecule has 0 saturated carbocycles. The molecular formula is C22H24ClN3O3. The third kappa shape index (κ3) is 4.04. The third-order valence-electron chi connectivity index (χ3n) is 5.55. The van der Waals surface area contributed by atoms with E-state index in [-0.39, 0.29) is 6.04 Å². The summed E-state index contributed by atoms with van der Waals surface area (Å²) in [4.78, 5) is 12.9. The van der Waals surface area contributed by atoms with Gasteiger partial charge in [0, 0.05) is 23.7 Å². The number of nitrogens with one attached hydrogen (secondary N) is 1. The molecule has 6 nitrogen and oxygen atoms in total. The van der Waals surface area contributed by atoms with Gasteiger partial charge in [-0.05, 0) is 42.2 Å². The lowest BCUT2D eigenvalue weighted by molar-refractivity contribution is 0.145. The zero-order chi connectivity index (χ0) is 20.4. The van der Waals surface area contributed by atoms with Crippen LogP contribution in [0.5, 0.6) is 5.75 Å². The highest BCUT2D eigenvalue weighted by atomic mass is 35.5. The van der Waals surface area contributed by atoms with Gasteiger partial charge in [0.05, 0.1) is 25.4 Å². The van der Waals surface area contributed by atoms with Crippen LogP contribution in [0, 0.1) is 0 Å². The van der Waals surface area contributed by atoms with Gasteiger partial charge in [-0.15, -0.1) is 0 Å². The number of likely N-dealkylation sites (tertiary alicyclic amines) is 1. The first-order chi connectivity index (χ1) is 14.1. The summed E-state index contributed by atoms with van der Waals surface area (Å²) in [5.41, 5.74) is 8.10. The Morgan fingerprint density at radius 1 is 1.21 bits per heavy atom. The van der Waals surface area contributed by atoms with Crippen LogP contribution in [0.15, 0.2) is 54.1 Å². The van der Waals surface area contributed by atoms with Crippen LogP contribution in [-0.4, -0.2) is 47.3 Å². The molecule has 2 N–H and O–H groups in total. The van der Waals surface area contributed by atoms with Crippen molar-refractivity contribution in [1.82, 2.24) is 15.3 Å². The van der Waals surface area contributed by atoms with E-state index in [1.807, 2.05) is 42.5 Å². The van der Waals surface area contributed by atoms with Gasteiger partial charge in [0.15, 0.2) is 0 Å². The summed E-state index contributed by atoms with van der Waals surface area (Å²) in [6.45, 7) is 1.67. The monoisotopic (exact) mass is 413 g/mol. The first-order valence-electron chi connectivity index (χ1n) is 9.69. The van der Waals surface area contributed by atoms with Crippen molar-refractivity contribution in [1.29, 1.82) is 0 Å². The Morgan fingerprint density at radius 3 is 2.69 bits per heavy atom. The van der Waals surface area contributed by atoms with Gasteiger partial charge in [-0.1, -0.05) is 41.9 Å². The van der Waals surface area contributed by atoms with Crippen LogP contribution in [-0.2, 0) is 6.54 Å². The third-order valence-corrected chi connectivity index (χ3v) is 5.81. The minimum Gasteiger partial charge on any atom is -0.496 e. The molecule has 152 valence electrons. The number of para-hydroxylation sites is 1.